The van der Waals surface area contributed by atoms with Crippen molar-refractivity contribution in [3.8, 4) is 5.75 Å². The van der Waals surface area contributed by atoms with E-state index in [2.05, 4.69) is 9.46 Å². The Morgan fingerprint density at radius 3 is 2.38 bits per heavy atom. The minimum Gasteiger partial charge on any atom is -0.435 e. The van der Waals surface area contributed by atoms with Crippen molar-refractivity contribution in [1.82, 2.24) is 9.62 Å². The zero-order valence-electron chi connectivity index (χ0n) is 13.2. The number of carbonyl (C=O) groups is 1. The summed E-state index contributed by atoms with van der Waals surface area (Å²) in [5.41, 5.74) is 0.706. The number of nitrogens with one attached hydrogen (secondary N) is 1. The molecule has 0 radical (unpaired) electrons. The van der Waals surface area contributed by atoms with Crippen molar-refractivity contribution in [1.29, 1.82) is 0 Å². The Kier molecular flexibility index (Phi) is 6.11. The molecule has 9 heteroatoms. The maximum atomic E-state index is 12.3. The summed E-state index contributed by atoms with van der Waals surface area (Å²) in [6, 6.07) is 5.81. The number of benzene rings is 1. The highest BCUT2D eigenvalue weighted by molar-refractivity contribution is 7.88. The molecule has 134 valence electrons. The topological polar surface area (TPSA) is 75.7 Å². The fraction of sp³-hybridized carbons (Fsp3) is 0.533. The zero-order valence-corrected chi connectivity index (χ0v) is 14.1. The summed E-state index contributed by atoms with van der Waals surface area (Å²) in [4.78, 5) is 13.9. The number of alkyl halides is 2. The maximum Gasteiger partial charge on any atom is 0.387 e. The van der Waals surface area contributed by atoms with E-state index in [-0.39, 0.29) is 24.1 Å². The van der Waals surface area contributed by atoms with Crippen LogP contribution in [-0.2, 0) is 21.2 Å². The van der Waals surface area contributed by atoms with Crippen molar-refractivity contribution in [2.75, 3.05) is 19.3 Å². The van der Waals surface area contributed by atoms with Crippen molar-refractivity contribution < 1.29 is 26.7 Å². The van der Waals surface area contributed by atoms with Gasteiger partial charge in [-0.3, -0.25) is 4.79 Å². The minimum atomic E-state index is -3.24. The first-order valence-electron chi connectivity index (χ1n) is 7.52. The monoisotopic (exact) mass is 362 g/mol. The summed E-state index contributed by atoms with van der Waals surface area (Å²) in [5.74, 6) is -0.0239. The molecule has 1 heterocycles. The van der Waals surface area contributed by atoms with Crippen molar-refractivity contribution in [2.45, 2.75) is 31.9 Å². The average Bonchev–Trinajstić information content (AvgIpc) is 2.48. The molecule has 0 aliphatic carbocycles. The molecular weight excluding hydrogens is 342 g/mol. The van der Waals surface area contributed by atoms with Crippen LogP contribution in [0.3, 0.4) is 0 Å². The highest BCUT2D eigenvalue weighted by Gasteiger charge is 2.24. The smallest absolute Gasteiger partial charge is 0.387 e. The second-order valence-electron chi connectivity index (χ2n) is 5.74. The number of likely N-dealkylation sites (tertiary alicyclic amines) is 1. The van der Waals surface area contributed by atoms with Crippen molar-refractivity contribution in [2.24, 2.45) is 0 Å². The predicted octanol–water partition coefficient (Wildman–Crippen LogP) is 1.37. The van der Waals surface area contributed by atoms with Crippen molar-refractivity contribution in [3.63, 3.8) is 0 Å². The molecule has 0 unspecified atom stereocenters. The standard InChI is InChI=1S/C15H20F2N2O4S/c1-24(21,22)18-12-6-8-19(9-7-12)14(20)10-11-2-4-13(5-3-11)23-15(16)17/h2-5,12,15,18H,6-10H2,1H3. The van der Waals surface area contributed by atoms with Gasteiger partial charge in [0.25, 0.3) is 0 Å². The van der Waals surface area contributed by atoms with Gasteiger partial charge in [0.1, 0.15) is 5.75 Å². The minimum absolute atomic E-state index is 0.0499. The molecule has 0 aromatic heterocycles. The highest BCUT2D eigenvalue weighted by Crippen LogP contribution is 2.17. The molecular formula is C15H20F2N2O4S. The summed E-state index contributed by atoms with van der Waals surface area (Å²) in [5, 5.41) is 0. The molecule has 1 fully saturated rings. The molecule has 0 bridgehead atoms. The van der Waals surface area contributed by atoms with Crippen molar-refractivity contribution in [3.05, 3.63) is 29.8 Å². The van der Waals surface area contributed by atoms with Gasteiger partial charge in [0.05, 0.1) is 12.7 Å². The van der Waals surface area contributed by atoms with E-state index in [1.54, 1.807) is 17.0 Å². The normalized spacial score (nSPS) is 16.4. The number of hydrogen-bond acceptors (Lipinski definition) is 4. The molecule has 2 rings (SSSR count). The van der Waals surface area contributed by atoms with Crippen LogP contribution < -0.4 is 9.46 Å². The van der Waals surface area contributed by atoms with Gasteiger partial charge in [0.2, 0.25) is 15.9 Å². The van der Waals surface area contributed by atoms with E-state index in [9.17, 15) is 22.0 Å². The summed E-state index contributed by atoms with van der Waals surface area (Å²) in [7, 11) is -3.24. The first-order chi connectivity index (χ1) is 11.2. The fourth-order valence-corrected chi connectivity index (χ4v) is 3.47. The van der Waals surface area contributed by atoms with E-state index in [0.29, 0.717) is 31.5 Å². The Morgan fingerprint density at radius 2 is 1.88 bits per heavy atom. The van der Waals surface area contributed by atoms with Crippen molar-refractivity contribution >= 4 is 15.9 Å². The molecule has 1 amide bonds. The Hall–Kier alpha value is -1.74. The van der Waals surface area contributed by atoms with Gasteiger partial charge in [-0.2, -0.15) is 8.78 Å². The van der Waals surface area contributed by atoms with Crippen LogP contribution >= 0.6 is 0 Å². The van der Waals surface area contributed by atoms with E-state index in [1.165, 1.54) is 12.1 Å². The van der Waals surface area contributed by atoms with Gasteiger partial charge in [-0.05, 0) is 30.5 Å². The number of amides is 1. The van der Waals surface area contributed by atoms with Crippen LogP contribution in [-0.4, -0.2) is 51.2 Å². The molecule has 24 heavy (non-hydrogen) atoms. The lowest BCUT2D eigenvalue weighted by Crippen LogP contribution is -2.46. The van der Waals surface area contributed by atoms with Gasteiger partial charge in [0, 0.05) is 19.1 Å². The number of hydrogen-bond donors (Lipinski definition) is 1. The van der Waals surface area contributed by atoms with Crippen LogP contribution in [0.15, 0.2) is 24.3 Å². The molecule has 1 N–H and O–H groups in total. The number of halogens is 2. The van der Waals surface area contributed by atoms with E-state index in [0.717, 1.165) is 6.26 Å². The van der Waals surface area contributed by atoms with Crippen LogP contribution in [0.1, 0.15) is 18.4 Å². The molecule has 1 saturated heterocycles. The third kappa shape index (κ3) is 6.04. The van der Waals surface area contributed by atoms with Gasteiger partial charge in [-0.1, -0.05) is 12.1 Å². The lowest BCUT2D eigenvalue weighted by Gasteiger charge is -2.32. The van der Waals surface area contributed by atoms with E-state index in [4.69, 9.17) is 0 Å². The van der Waals surface area contributed by atoms with E-state index < -0.39 is 16.6 Å². The SMILES string of the molecule is CS(=O)(=O)NC1CCN(C(=O)Cc2ccc(OC(F)F)cc2)CC1. The lowest BCUT2D eigenvalue weighted by atomic mass is 10.0. The number of piperidine rings is 1. The van der Waals surface area contributed by atoms with Crippen LogP contribution in [0, 0.1) is 0 Å². The molecule has 6 nitrogen and oxygen atoms in total. The van der Waals surface area contributed by atoms with Crippen LogP contribution in [0.5, 0.6) is 5.75 Å². The molecule has 0 saturated carbocycles. The average molecular weight is 362 g/mol. The number of sulfonamides is 1. The fourth-order valence-electron chi connectivity index (χ4n) is 2.62. The van der Waals surface area contributed by atoms with Crippen LogP contribution in [0.2, 0.25) is 0 Å². The number of carbonyl (C=O) groups excluding carboxylic acids is 1. The van der Waals surface area contributed by atoms with Crippen LogP contribution in [0.25, 0.3) is 0 Å². The summed E-state index contributed by atoms with van der Waals surface area (Å²) >= 11 is 0. The quantitative estimate of drug-likeness (QED) is 0.829. The van der Waals surface area contributed by atoms with E-state index in [1.807, 2.05) is 0 Å². The molecule has 1 aliphatic rings. The van der Waals surface area contributed by atoms with Gasteiger partial charge >= 0.3 is 6.61 Å². The second-order valence-corrected chi connectivity index (χ2v) is 7.52. The molecule has 1 aliphatic heterocycles. The predicted molar refractivity (Wildman–Crippen MR) is 84.4 cm³/mol. The first-order valence-corrected chi connectivity index (χ1v) is 9.41. The Morgan fingerprint density at radius 1 is 1.29 bits per heavy atom. The maximum absolute atomic E-state index is 12.3. The first kappa shape index (κ1) is 18.6. The number of ether oxygens (including phenoxy) is 1. The zero-order chi connectivity index (χ0) is 17.7. The number of nitrogens with zero attached hydrogens (tertiary/aromatic N) is 1. The summed E-state index contributed by atoms with van der Waals surface area (Å²) in [6.07, 6.45) is 2.42. The van der Waals surface area contributed by atoms with Gasteiger partial charge < -0.3 is 9.64 Å². The largest absolute Gasteiger partial charge is 0.435 e. The van der Waals surface area contributed by atoms with E-state index >= 15 is 0 Å². The summed E-state index contributed by atoms with van der Waals surface area (Å²) in [6.45, 7) is -1.91. The lowest BCUT2D eigenvalue weighted by molar-refractivity contribution is -0.131. The number of rotatable bonds is 6. The molecule has 0 atom stereocenters. The Labute approximate surface area is 139 Å². The molecule has 1 aromatic carbocycles. The van der Waals surface area contributed by atoms with Gasteiger partial charge in [-0.25, -0.2) is 13.1 Å². The third-order valence-electron chi connectivity index (χ3n) is 3.73. The van der Waals surface area contributed by atoms with Gasteiger partial charge in [-0.15, -0.1) is 0 Å². The molecule has 1 aromatic rings. The highest BCUT2D eigenvalue weighted by atomic mass is 32.2. The van der Waals surface area contributed by atoms with Gasteiger partial charge in [0.15, 0.2) is 0 Å². The molecule has 0 spiro atoms. The Bertz CT molecular complexity index is 657. The summed E-state index contributed by atoms with van der Waals surface area (Å²) < 4.78 is 53.4. The van der Waals surface area contributed by atoms with Crippen LogP contribution in [0.4, 0.5) is 8.78 Å². The Balaban J connectivity index is 1.83. The second kappa shape index (κ2) is 7.89. The third-order valence-corrected chi connectivity index (χ3v) is 4.49.